The quantitative estimate of drug-likeness (QED) is 0.887. The molecule has 0 heterocycles. The molecule has 0 saturated carbocycles. The summed E-state index contributed by atoms with van der Waals surface area (Å²) in [6.07, 6.45) is 0.515. The van der Waals surface area contributed by atoms with Crippen LogP contribution in [0.15, 0.2) is 18.2 Å². The zero-order chi connectivity index (χ0) is 11.5. The summed E-state index contributed by atoms with van der Waals surface area (Å²) in [5.74, 6) is 0. The molecular weight excluding hydrogens is 235 g/mol. The van der Waals surface area contributed by atoms with Crippen molar-refractivity contribution in [3.8, 4) is 0 Å². The zero-order valence-electron chi connectivity index (χ0n) is 8.76. The molecule has 1 aromatic rings. The first-order valence-corrected chi connectivity index (χ1v) is 5.40. The predicted molar refractivity (Wildman–Crippen MR) is 62.5 cm³/mol. The highest BCUT2D eigenvalue weighted by Gasteiger charge is 2.23. The van der Waals surface area contributed by atoms with Gasteiger partial charge < -0.3 is 9.84 Å². The van der Waals surface area contributed by atoms with Crippen LogP contribution in [0.1, 0.15) is 18.9 Å². The van der Waals surface area contributed by atoms with Gasteiger partial charge >= 0.3 is 0 Å². The Hall–Kier alpha value is -0.280. The Balaban J connectivity index is 2.89. The van der Waals surface area contributed by atoms with E-state index in [1.807, 2.05) is 0 Å². The Morgan fingerprint density at radius 2 is 2.00 bits per heavy atom. The van der Waals surface area contributed by atoms with Gasteiger partial charge in [0.15, 0.2) is 0 Å². The maximum Gasteiger partial charge on any atom is 0.0891 e. The van der Waals surface area contributed by atoms with Gasteiger partial charge in [0.2, 0.25) is 0 Å². The van der Waals surface area contributed by atoms with Crippen molar-refractivity contribution in [1.29, 1.82) is 0 Å². The summed E-state index contributed by atoms with van der Waals surface area (Å²) in [6.45, 7) is 2.22. The average Bonchev–Trinajstić information content (AvgIpc) is 2.19. The van der Waals surface area contributed by atoms with E-state index in [0.29, 0.717) is 23.1 Å². The molecule has 1 atom stereocenters. The number of aliphatic hydroxyl groups is 1. The first-order chi connectivity index (χ1) is 6.97. The third kappa shape index (κ3) is 3.35. The lowest BCUT2D eigenvalue weighted by molar-refractivity contribution is 0.0210. The van der Waals surface area contributed by atoms with E-state index < -0.39 is 5.60 Å². The Morgan fingerprint density at radius 3 is 2.53 bits per heavy atom. The van der Waals surface area contributed by atoms with Crippen LogP contribution in [-0.2, 0) is 10.3 Å². The monoisotopic (exact) mass is 248 g/mol. The second-order valence-corrected chi connectivity index (χ2v) is 4.46. The van der Waals surface area contributed by atoms with Crippen LogP contribution in [0.3, 0.4) is 0 Å². The van der Waals surface area contributed by atoms with Crippen molar-refractivity contribution < 1.29 is 9.84 Å². The van der Waals surface area contributed by atoms with Gasteiger partial charge in [0, 0.05) is 20.1 Å². The van der Waals surface area contributed by atoms with E-state index in [0.717, 1.165) is 5.56 Å². The molecule has 1 rings (SSSR count). The van der Waals surface area contributed by atoms with Gasteiger partial charge in [-0.1, -0.05) is 29.3 Å². The number of benzene rings is 1. The SMILES string of the molecule is COCCC(C)(O)c1ccc(Cl)c(Cl)c1. The molecule has 0 aliphatic carbocycles. The van der Waals surface area contributed by atoms with Crippen LogP contribution in [0, 0.1) is 0 Å². The molecular formula is C11H14Cl2O2. The van der Waals surface area contributed by atoms with Crippen LogP contribution in [0.2, 0.25) is 10.0 Å². The van der Waals surface area contributed by atoms with Gasteiger partial charge in [-0.05, 0) is 24.6 Å². The zero-order valence-corrected chi connectivity index (χ0v) is 10.3. The number of hydrogen-bond acceptors (Lipinski definition) is 2. The summed E-state index contributed by atoms with van der Waals surface area (Å²) in [5.41, 5.74) is -0.196. The smallest absolute Gasteiger partial charge is 0.0891 e. The van der Waals surface area contributed by atoms with E-state index in [9.17, 15) is 5.11 Å². The third-order valence-electron chi connectivity index (χ3n) is 2.33. The van der Waals surface area contributed by atoms with E-state index >= 15 is 0 Å². The minimum Gasteiger partial charge on any atom is -0.385 e. The molecule has 0 bridgehead atoms. The molecule has 0 aliphatic heterocycles. The summed E-state index contributed by atoms with van der Waals surface area (Å²) in [7, 11) is 1.60. The van der Waals surface area contributed by atoms with Crippen molar-refractivity contribution in [2.75, 3.05) is 13.7 Å². The lowest BCUT2D eigenvalue weighted by atomic mass is 9.93. The van der Waals surface area contributed by atoms with Crippen molar-refractivity contribution >= 4 is 23.2 Å². The number of ether oxygens (including phenoxy) is 1. The summed E-state index contributed by atoms with van der Waals surface area (Å²) in [4.78, 5) is 0. The lowest BCUT2D eigenvalue weighted by Gasteiger charge is -2.23. The second-order valence-electron chi connectivity index (χ2n) is 3.65. The molecule has 15 heavy (non-hydrogen) atoms. The normalized spacial score (nSPS) is 15.0. The number of methoxy groups -OCH3 is 1. The van der Waals surface area contributed by atoms with Crippen LogP contribution >= 0.6 is 23.2 Å². The number of hydrogen-bond donors (Lipinski definition) is 1. The van der Waals surface area contributed by atoms with Crippen molar-refractivity contribution in [2.24, 2.45) is 0 Å². The fraction of sp³-hybridized carbons (Fsp3) is 0.455. The van der Waals surface area contributed by atoms with Crippen molar-refractivity contribution in [2.45, 2.75) is 18.9 Å². The fourth-order valence-corrected chi connectivity index (χ4v) is 1.57. The van der Waals surface area contributed by atoms with Gasteiger partial charge in [-0.2, -0.15) is 0 Å². The van der Waals surface area contributed by atoms with Crippen LogP contribution in [0.25, 0.3) is 0 Å². The topological polar surface area (TPSA) is 29.5 Å². The Morgan fingerprint density at radius 1 is 1.33 bits per heavy atom. The predicted octanol–water partition coefficient (Wildman–Crippen LogP) is 3.24. The van der Waals surface area contributed by atoms with E-state index in [2.05, 4.69) is 0 Å². The van der Waals surface area contributed by atoms with Gasteiger partial charge in [0.1, 0.15) is 0 Å². The summed E-state index contributed by atoms with van der Waals surface area (Å²) in [6, 6.07) is 5.13. The van der Waals surface area contributed by atoms with E-state index in [4.69, 9.17) is 27.9 Å². The lowest BCUT2D eigenvalue weighted by Crippen LogP contribution is -2.23. The molecule has 4 heteroatoms. The molecule has 2 nitrogen and oxygen atoms in total. The molecule has 0 aromatic heterocycles. The van der Waals surface area contributed by atoms with Gasteiger partial charge in [-0.3, -0.25) is 0 Å². The van der Waals surface area contributed by atoms with E-state index in [1.165, 1.54) is 0 Å². The molecule has 1 unspecified atom stereocenters. The molecule has 0 saturated heterocycles. The second kappa shape index (κ2) is 5.17. The third-order valence-corrected chi connectivity index (χ3v) is 3.07. The first kappa shape index (κ1) is 12.8. The van der Waals surface area contributed by atoms with E-state index in [1.54, 1.807) is 32.2 Å². The Labute approximate surface area is 99.8 Å². The molecule has 0 radical (unpaired) electrons. The maximum absolute atomic E-state index is 10.2. The van der Waals surface area contributed by atoms with Gasteiger partial charge in [-0.25, -0.2) is 0 Å². The summed E-state index contributed by atoms with van der Waals surface area (Å²) < 4.78 is 4.93. The highest BCUT2D eigenvalue weighted by molar-refractivity contribution is 6.42. The standard InChI is InChI=1S/C11H14Cl2O2/c1-11(14,5-6-15-2)8-3-4-9(12)10(13)7-8/h3-4,7,14H,5-6H2,1-2H3. The van der Waals surface area contributed by atoms with Crippen LogP contribution in [-0.4, -0.2) is 18.8 Å². The molecule has 0 fully saturated rings. The minimum absolute atomic E-state index is 0.451. The molecule has 0 spiro atoms. The van der Waals surface area contributed by atoms with Crippen molar-refractivity contribution in [3.63, 3.8) is 0 Å². The highest BCUT2D eigenvalue weighted by atomic mass is 35.5. The number of rotatable bonds is 4. The van der Waals surface area contributed by atoms with Crippen LogP contribution < -0.4 is 0 Å². The van der Waals surface area contributed by atoms with Gasteiger partial charge in [-0.15, -0.1) is 0 Å². The summed E-state index contributed by atoms with van der Waals surface area (Å²) in [5, 5.41) is 11.1. The molecule has 1 N–H and O–H groups in total. The minimum atomic E-state index is -0.940. The first-order valence-electron chi connectivity index (χ1n) is 4.64. The van der Waals surface area contributed by atoms with Crippen LogP contribution in [0.5, 0.6) is 0 Å². The summed E-state index contributed by atoms with van der Waals surface area (Å²) >= 11 is 11.7. The van der Waals surface area contributed by atoms with E-state index in [-0.39, 0.29) is 0 Å². The van der Waals surface area contributed by atoms with Gasteiger partial charge in [0.05, 0.1) is 15.6 Å². The van der Waals surface area contributed by atoms with Gasteiger partial charge in [0.25, 0.3) is 0 Å². The molecule has 0 aliphatic rings. The Kier molecular flexibility index (Phi) is 4.41. The maximum atomic E-state index is 10.2. The molecule has 84 valence electrons. The largest absolute Gasteiger partial charge is 0.385 e. The molecule has 1 aromatic carbocycles. The highest BCUT2D eigenvalue weighted by Crippen LogP contribution is 2.30. The Bertz CT molecular complexity index is 337. The van der Waals surface area contributed by atoms with Crippen LogP contribution in [0.4, 0.5) is 0 Å². The fourth-order valence-electron chi connectivity index (χ4n) is 1.28. The number of halogens is 2. The van der Waals surface area contributed by atoms with Crippen molar-refractivity contribution in [1.82, 2.24) is 0 Å². The average molecular weight is 249 g/mol. The van der Waals surface area contributed by atoms with Crippen molar-refractivity contribution in [3.05, 3.63) is 33.8 Å². The molecule has 0 amide bonds.